The standard InChI is InChI=1S/C56H101NO5/c1-4-7-10-13-16-19-22-25-28-29-32-35-38-41-44-47-52(62-56(61)49-46-43-40-37-34-31-27-24-21-18-15-12-9-6-3)50-55(60)57-53(51-58)54(59)48-45-42-39-36-33-30-26-23-20-17-14-11-8-5-2/h16,19,25,28,31-32,34-35,41,44,52-54,58-59H,4-15,17-18,20-24,26-27,29-30,33,36-40,42-43,45-51H2,1-3H3,(H,57,60)/b19-16-,28-25-,34-31-,35-32-,44-41-. The molecule has 0 aliphatic rings. The lowest BCUT2D eigenvalue weighted by Gasteiger charge is -2.24. The van der Waals surface area contributed by atoms with E-state index in [1.807, 2.05) is 6.08 Å². The maximum absolute atomic E-state index is 13.2. The average Bonchev–Trinajstić information content (AvgIpc) is 3.26. The highest BCUT2D eigenvalue weighted by Gasteiger charge is 2.23. The zero-order chi connectivity index (χ0) is 45.2. The van der Waals surface area contributed by atoms with Crippen molar-refractivity contribution in [2.45, 2.75) is 277 Å². The quantitative estimate of drug-likeness (QED) is 0.0322. The van der Waals surface area contributed by atoms with Crippen molar-refractivity contribution < 1.29 is 24.5 Å². The van der Waals surface area contributed by atoms with E-state index in [1.54, 1.807) is 0 Å². The number of carbonyl (C=O) groups is 2. The molecule has 0 radical (unpaired) electrons. The lowest BCUT2D eigenvalue weighted by Crippen LogP contribution is -2.46. The number of carbonyl (C=O) groups excluding carboxylic acids is 2. The van der Waals surface area contributed by atoms with E-state index < -0.39 is 18.2 Å². The highest BCUT2D eigenvalue weighted by molar-refractivity contribution is 5.77. The van der Waals surface area contributed by atoms with Crippen LogP contribution in [0.1, 0.15) is 258 Å². The maximum atomic E-state index is 13.2. The van der Waals surface area contributed by atoms with Crippen molar-refractivity contribution in [2.24, 2.45) is 0 Å². The zero-order valence-corrected chi connectivity index (χ0v) is 41.0. The van der Waals surface area contributed by atoms with Crippen LogP contribution in [0.15, 0.2) is 60.8 Å². The molecule has 3 N–H and O–H groups in total. The van der Waals surface area contributed by atoms with Crippen LogP contribution in [0.25, 0.3) is 0 Å². The number of nitrogens with one attached hydrogen (secondary N) is 1. The second-order valence-electron chi connectivity index (χ2n) is 17.9. The van der Waals surface area contributed by atoms with Crippen LogP contribution in [0.3, 0.4) is 0 Å². The Bertz CT molecular complexity index is 1110. The van der Waals surface area contributed by atoms with Crippen LogP contribution in [0.2, 0.25) is 0 Å². The van der Waals surface area contributed by atoms with Gasteiger partial charge >= 0.3 is 5.97 Å². The van der Waals surface area contributed by atoms with Crippen molar-refractivity contribution >= 4 is 11.9 Å². The molecule has 360 valence electrons. The van der Waals surface area contributed by atoms with Crippen molar-refractivity contribution in [2.75, 3.05) is 6.61 Å². The van der Waals surface area contributed by atoms with Gasteiger partial charge in [0.25, 0.3) is 0 Å². The fourth-order valence-corrected chi connectivity index (χ4v) is 7.76. The second kappa shape index (κ2) is 49.6. The highest BCUT2D eigenvalue weighted by Crippen LogP contribution is 2.16. The molecule has 3 unspecified atom stereocenters. The molecule has 0 heterocycles. The van der Waals surface area contributed by atoms with Gasteiger partial charge in [0, 0.05) is 12.8 Å². The molecule has 6 heteroatoms. The summed E-state index contributed by atoms with van der Waals surface area (Å²) in [4.78, 5) is 26.1. The first-order chi connectivity index (χ1) is 30.5. The molecule has 0 saturated carbocycles. The van der Waals surface area contributed by atoms with Gasteiger partial charge in [-0.3, -0.25) is 9.59 Å². The van der Waals surface area contributed by atoms with E-state index in [1.165, 1.54) is 141 Å². The van der Waals surface area contributed by atoms with E-state index >= 15 is 0 Å². The minimum absolute atomic E-state index is 0.00459. The Labute approximate surface area is 384 Å². The molecule has 0 bridgehead atoms. The van der Waals surface area contributed by atoms with E-state index in [-0.39, 0.29) is 24.9 Å². The Balaban J connectivity index is 4.72. The predicted molar refractivity (Wildman–Crippen MR) is 268 cm³/mol. The third-order valence-electron chi connectivity index (χ3n) is 11.8. The van der Waals surface area contributed by atoms with Crippen LogP contribution in [0, 0.1) is 0 Å². The van der Waals surface area contributed by atoms with Gasteiger partial charge < -0.3 is 20.3 Å². The number of aliphatic hydroxyl groups excluding tert-OH is 2. The molecule has 1 amide bonds. The van der Waals surface area contributed by atoms with Crippen LogP contribution in [-0.4, -0.2) is 46.9 Å². The summed E-state index contributed by atoms with van der Waals surface area (Å²) in [7, 11) is 0. The van der Waals surface area contributed by atoms with Crippen molar-refractivity contribution in [1.82, 2.24) is 5.32 Å². The largest absolute Gasteiger partial charge is 0.461 e. The van der Waals surface area contributed by atoms with Crippen molar-refractivity contribution in [3.8, 4) is 0 Å². The molecule has 3 atom stereocenters. The summed E-state index contributed by atoms with van der Waals surface area (Å²) < 4.78 is 5.86. The molecule has 0 aliphatic carbocycles. The average molecular weight is 868 g/mol. The Hall–Kier alpha value is -2.44. The Morgan fingerprint density at radius 1 is 0.484 bits per heavy atom. The third kappa shape index (κ3) is 44.2. The van der Waals surface area contributed by atoms with Crippen LogP contribution in [-0.2, 0) is 14.3 Å². The zero-order valence-electron chi connectivity index (χ0n) is 41.0. The van der Waals surface area contributed by atoms with E-state index in [4.69, 9.17) is 4.74 Å². The summed E-state index contributed by atoms with van der Waals surface area (Å²) in [6.45, 7) is 6.43. The smallest absolute Gasteiger partial charge is 0.306 e. The van der Waals surface area contributed by atoms with Crippen LogP contribution < -0.4 is 5.32 Å². The van der Waals surface area contributed by atoms with Crippen molar-refractivity contribution in [3.05, 3.63) is 60.8 Å². The normalized spacial score (nSPS) is 13.7. The van der Waals surface area contributed by atoms with E-state index in [0.29, 0.717) is 19.3 Å². The number of aliphatic hydroxyl groups is 2. The summed E-state index contributed by atoms with van der Waals surface area (Å²) >= 11 is 0. The Morgan fingerprint density at radius 3 is 1.34 bits per heavy atom. The summed E-state index contributed by atoms with van der Waals surface area (Å²) in [5, 5.41) is 23.7. The minimum Gasteiger partial charge on any atom is -0.461 e. The van der Waals surface area contributed by atoms with Gasteiger partial charge in [-0.15, -0.1) is 0 Å². The molecular formula is C56H101NO5. The summed E-state index contributed by atoms with van der Waals surface area (Å²) in [6.07, 6.45) is 61.5. The minimum atomic E-state index is -0.814. The van der Waals surface area contributed by atoms with Crippen LogP contribution in [0.4, 0.5) is 0 Å². The Morgan fingerprint density at radius 2 is 0.855 bits per heavy atom. The van der Waals surface area contributed by atoms with Gasteiger partial charge in [0.05, 0.1) is 25.2 Å². The third-order valence-corrected chi connectivity index (χ3v) is 11.8. The van der Waals surface area contributed by atoms with Gasteiger partial charge in [-0.1, -0.05) is 229 Å². The molecule has 0 aromatic rings. The Kier molecular flexibility index (Phi) is 47.6. The molecule has 0 aromatic heterocycles. The molecule has 0 aromatic carbocycles. The molecule has 0 rings (SSSR count). The van der Waals surface area contributed by atoms with Gasteiger partial charge in [0.15, 0.2) is 0 Å². The highest BCUT2D eigenvalue weighted by atomic mass is 16.5. The van der Waals surface area contributed by atoms with Gasteiger partial charge in [-0.2, -0.15) is 0 Å². The lowest BCUT2D eigenvalue weighted by atomic mass is 10.0. The monoisotopic (exact) mass is 868 g/mol. The summed E-state index contributed by atoms with van der Waals surface area (Å²) in [5.74, 6) is -0.592. The summed E-state index contributed by atoms with van der Waals surface area (Å²) in [5.41, 5.74) is 0. The molecule has 6 nitrogen and oxygen atoms in total. The molecule has 62 heavy (non-hydrogen) atoms. The van der Waals surface area contributed by atoms with E-state index in [0.717, 1.165) is 70.6 Å². The number of rotatable bonds is 47. The number of unbranched alkanes of at least 4 members (excludes halogenated alkanes) is 26. The molecular weight excluding hydrogens is 767 g/mol. The van der Waals surface area contributed by atoms with Crippen LogP contribution in [0.5, 0.6) is 0 Å². The summed E-state index contributed by atoms with van der Waals surface area (Å²) in [6, 6.07) is -0.734. The molecule has 0 fully saturated rings. The van der Waals surface area contributed by atoms with Gasteiger partial charge in [-0.05, 0) is 70.6 Å². The first kappa shape index (κ1) is 59.6. The molecule has 0 aliphatic heterocycles. The topological polar surface area (TPSA) is 95.9 Å². The van der Waals surface area contributed by atoms with E-state index in [2.05, 4.69) is 80.8 Å². The van der Waals surface area contributed by atoms with Gasteiger partial charge in [0.1, 0.15) is 6.10 Å². The van der Waals surface area contributed by atoms with Crippen LogP contribution >= 0.6 is 0 Å². The van der Waals surface area contributed by atoms with Crippen molar-refractivity contribution in [1.29, 1.82) is 0 Å². The number of hydrogen-bond donors (Lipinski definition) is 3. The fraction of sp³-hybridized carbons (Fsp3) is 0.786. The first-order valence-corrected chi connectivity index (χ1v) is 26.5. The van der Waals surface area contributed by atoms with Gasteiger partial charge in [-0.25, -0.2) is 0 Å². The predicted octanol–water partition coefficient (Wildman–Crippen LogP) is 16.0. The number of hydrogen-bond acceptors (Lipinski definition) is 5. The lowest BCUT2D eigenvalue weighted by molar-refractivity contribution is -0.150. The SMILES string of the molecule is CCCCC/C=C\C/C=C\C/C=C\C/C=C\CC(CC(=O)NC(CO)C(O)CCCCCCCCCCCCCCCC)OC(=O)CCCCC/C=C\CCCCCCCCC. The fourth-order valence-electron chi connectivity index (χ4n) is 7.76. The molecule has 0 saturated heterocycles. The number of allylic oxidation sites excluding steroid dienone is 9. The second-order valence-corrected chi connectivity index (χ2v) is 17.9. The van der Waals surface area contributed by atoms with Crippen molar-refractivity contribution in [3.63, 3.8) is 0 Å². The van der Waals surface area contributed by atoms with Gasteiger partial charge in [0.2, 0.25) is 5.91 Å². The van der Waals surface area contributed by atoms with E-state index in [9.17, 15) is 19.8 Å². The number of amides is 1. The first-order valence-electron chi connectivity index (χ1n) is 26.5. The molecule has 0 spiro atoms. The number of ether oxygens (including phenoxy) is 1. The maximum Gasteiger partial charge on any atom is 0.306 e. The number of esters is 1.